The van der Waals surface area contributed by atoms with Crippen LogP contribution in [0.5, 0.6) is 0 Å². The van der Waals surface area contributed by atoms with Gasteiger partial charge in [-0.15, -0.1) is 0 Å². The Kier molecular flexibility index (Phi) is 5.62. The van der Waals surface area contributed by atoms with Crippen molar-refractivity contribution in [2.24, 2.45) is 0 Å². The first kappa shape index (κ1) is 16.9. The number of amides is 1. The van der Waals surface area contributed by atoms with E-state index in [4.69, 9.17) is 0 Å². The van der Waals surface area contributed by atoms with E-state index in [2.05, 4.69) is 15.6 Å². The number of halogens is 2. The Labute approximate surface area is 133 Å². The number of anilines is 1. The molecule has 2 aromatic rings. The van der Waals surface area contributed by atoms with Gasteiger partial charge in [0.05, 0.1) is 11.6 Å². The predicted octanol–water partition coefficient (Wildman–Crippen LogP) is 3.67. The third-order valence-electron chi connectivity index (χ3n) is 3.43. The number of pyridine rings is 1. The quantitative estimate of drug-likeness (QED) is 0.854. The number of nitrogens with one attached hydrogen (secondary N) is 2. The molecular weight excluding hydrogens is 300 g/mol. The van der Waals surface area contributed by atoms with Gasteiger partial charge in [-0.05, 0) is 43.7 Å². The van der Waals surface area contributed by atoms with Gasteiger partial charge in [0.15, 0.2) is 0 Å². The lowest BCUT2D eigenvalue weighted by atomic mass is 10.0. The summed E-state index contributed by atoms with van der Waals surface area (Å²) in [6, 6.07) is 6.25. The van der Waals surface area contributed by atoms with Crippen molar-refractivity contribution in [1.29, 1.82) is 0 Å². The monoisotopic (exact) mass is 319 g/mol. The summed E-state index contributed by atoms with van der Waals surface area (Å²) in [7, 11) is 0. The van der Waals surface area contributed by atoms with Gasteiger partial charge in [0.1, 0.15) is 17.5 Å². The van der Waals surface area contributed by atoms with Crippen LogP contribution in [0.2, 0.25) is 0 Å². The minimum absolute atomic E-state index is 0.199. The number of benzene rings is 1. The molecule has 0 saturated carbocycles. The van der Waals surface area contributed by atoms with Crippen LogP contribution >= 0.6 is 0 Å². The summed E-state index contributed by atoms with van der Waals surface area (Å²) in [6.07, 6.45) is 2.00. The van der Waals surface area contributed by atoms with Crippen molar-refractivity contribution in [2.45, 2.75) is 26.3 Å². The molecule has 0 aliphatic heterocycles. The number of rotatable bonds is 6. The summed E-state index contributed by atoms with van der Waals surface area (Å²) < 4.78 is 27.2. The van der Waals surface area contributed by atoms with Crippen molar-refractivity contribution < 1.29 is 13.6 Å². The van der Waals surface area contributed by atoms with E-state index in [0.717, 1.165) is 12.1 Å². The van der Waals surface area contributed by atoms with Crippen LogP contribution in [0.4, 0.5) is 14.6 Å². The van der Waals surface area contributed by atoms with Crippen LogP contribution in [0.25, 0.3) is 0 Å². The standard InChI is InChI=1S/C17H19F2N3O/c1-3-15(13-9-12(18)6-7-14(13)19)22-16-8-5-11(10-21-16)17(23)20-4-2/h5-10,15H,3-4H2,1-2H3,(H,20,23)(H,21,22). The average Bonchev–Trinajstić information content (AvgIpc) is 2.56. The molecule has 1 atom stereocenters. The van der Waals surface area contributed by atoms with E-state index in [1.54, 1.807) is 12.1 Å². The van der Waals surface area contributed by atoms with Crippen molar-refractivity contribution in [1.82, 2.24) is 10.3 Å². The van der Waals surface area contributed by atoms with Crippen LogP contribution < -0.4 is 10.6 Å². The van der Waals surface area contributed by atoms with Gasteiger partial charge in [-0.3, -0.25) is 4.79 Å². The Balaban J connectivity index is 2.16. The van der Waals surface area contributed by atoms with Gasteiger partial charge in [-0.2, -0.15) is 0 Å². The maximum absolute atomic E-state index is 13.9. The number of aromatic nitrogens is 1. The van der Waals surface area contributed by atoms with Crippen molar-refractivity contribution in [3.63, 3.8) is 0 Å². The number of hydrogen-bond donors (Lipinski definition) is 2. The lowest BCUT2D eigenvalue weighted by molar-refractivity contribution is 0.0955. The fourth-order valence-corrected chi connectivity index (χ4v) is 2.24. The van der Waals surface area contributed by atoms with Crippen LogP contribution in [0, 0.1) is 11.6 Å². The second-order valence-electron chi connectivity index (χ2n) is 5.06. The normalized spacial score (nSPS) is 11.8. The number of carbonyl (C=O) groups excluding carboxylic acids is 1. The van der Waals surface area contributed by atoms with E-state index in [-0.39, 0.29) is 11.5 Å². The van der Waals surface area contributed by atoms with Gasteiger partial charge in [0.25, 0.3) is 5.91 Å². The summed E-state index contributed by atoms with van der Waals surface area (Å²) in [5.74, 6) is -0.658. The first-order chi connectivity index (χ1) is 11.0. The molecule has 1 aromatic heterocycles. The van der Waals surface area contributed by atoms with Crippen LogP contribution in [-0.4, -0.2) is 17.4 Å². The molecule has 6 heteroatoms. The molecule has 0 aliphatic rings. The molecule has 0 spiro atoms. The fourth-order valence-electron chi connectivity index (χ4n) is 2.24. The third-order valence-corrected chi connectivity index (χ3v) is 3.43. The zero-order valence-corrected chi connectivity index (χ0v) is 13.1. The summed E-state index contributed by atoms with van der Waals surface area (Å²) in [6.45, 7) is 4.24. The number of nitrogens with zero attached hydrogens (tertiary/aromatic N) is 1. The smallest absolute Gasteiger partial charge is 0.252 e. The van der Waals surface area contributed by atoms with Crippen molar-refractivity contribution in [3.05, 3.63) is 59.3 Å². The predicted molar refractivity (Wildman–Crippen MR) is 85.3 cm³/mol. The fraction of sp³-hybridized carbons (Fsp3) is 0.294. The lowest BCUT2D eigenvalue weighted by Gasteiger charge is -2.19. The molecule has 0 radical (unpaired) electrons. The second kappa shape index (κ2) is 7.67. The molecule has 1 amide bonds. The largest absolute Gasteiger partial charge is 0.363 e. The second-order valence-corrected chi connectivity index (χ2v) is 5.06. The molecule has 1 unspecified atom stereocenters. The third kappa shape index (κ3) is 4.25. The van der Waals surface area contributed by atoms with Crippen LogP contribution in [0.3, 0.4) is 0 Å². The van der Waals surface area contributed by atoms with Crippen LogP contribution in [-0.2, 0) is 0 Å². The zero-order valence-electron chi connectivity index (χ0n) is 13.1. The zero-order chi connectivity index (χ0) is 16.8. The maximum atomic E-state index is 13.9. The molecule has 0 fully saturated rings. The summed E-state index contributed by atoms with van der Waals surface area (Å²) in [5.41, 5.74) is 0.699. The molecule has 4 nitrogen and oxygen atoms in total. The van der Waals surface area contributed by atoms with Gasteiger partial charge < -0.3 is 10.6 Å². The molecule has 1 heterocycles. The van der Waals surface area contributed by atoms with Gasteiger partial charge in [-0.25, -0.2) is 13.8 Å². The SMILES string of the molecule is CCNC(=O)c1ccc(NC(CC)c2cc(F)ccc2F)nc1. The minimum atomic E-state index is -0.485. The van der Waals surface area contributed by atoms with Gasteiger partial charge in [0, 0.05) is 18.3 Å². The van der Waals surface area contributed by atoms with Crippen LogP contribution in [0.1, 0.15) is 42.2 Å². The number of hydrogen-bond acceptors (Lipinski definition) is 3. The van der Waals surface area contributed by atoms with Gasteiger partial charge in [-0.1, -0.05) is 6.92 Å². The highest BCUT2D eigenvalue weighted by molar-refractivity contribution is 5.93. The van der Waals surface area contributed by atoms with Crippen LogP contribution in [0.15, 0.2) is 36.5 Å². The van der Waals surface area contributed by atoms with E-state index < -0.39 is 17.7 Å². The van der Waals surface area contributed by atoms with E-state index >= 15 is 0 Å². The molecule has 2 N–H and O–H groups in total. The van der Waals surface area contributed by atoms with Crippen molar-refractivity contribution in [3.8, 4) is 0 Å². The lowest BCUT2D eigenvalue weighted by Crippen LogP contribution is -2.22. The minimum Gasteiger partial charge on any atom is -0.363 e. The Bertz CT molecular complexity index is 674. The first-order valence-electron chi connectivity index (χ1n) is 7.50. The van der Waals surface area contributed by atoms with E-state index in [1.807, 2.05) is 13.8 Å². The molecule has 122 valence electrons. The van der Waals surface area contributed by atoms with E-state index in [9.17, 15) is 13.6 Å². The Morgan fingerprint density at radius 3 is 2.61 bits per heavy atom. The molecular formula is C17H19F2N3O. The average molecular weight is 319 g/mol. The molecule has 2 rings (SSSR count). The van der Waals surface area contributed by atoms with Crippen molar-refractivity contribution >= 4 is 11.7 Å². The maximum Gasteiger partial charge on any atom is 0.252 e. The summed E-state index contributed by atoms with van der Waals surface area (Å²) >= 11 is 0. The molecule has 1 aromatic carbocycles. The summed E-state index contributed by atoms with van der Waals surface area (Å²) in [5, 5.41) is 5.74. The van der Waals surface area contributed by atoms with Gasteiger partial charge >= 0.3 is 0 Å². The topological polar surface area (TPSA) is 54.0 Å². The van der Waals surface area contributed by atoms with E-state index in [1.165, 1.54) is 12.3 Å². The summed E-state index contributed by atoms with van der Waals surface area (Å²) in [4.78, 5) is 15.8. The number of carbonyl (C=O) groups is 1. The van der Waals surface area contributed by atoms with E-state index in [0.29, 0.717) is 24.3 Å². The highest BCUT2D eigenvalue weighted by Crippen LogP contribution is 2.24. The molecule has 0 saturated heterocycles. The van der Waals surface area contributed by atoms with Gasteiger partial charge in [0.2, 0.25) is 0 Å². The molecule has 0 aliphatic carbocycles. The highest BCUT2D eigenvalue weighted by Gasteiger charge is 2.15. The highest BCUT2D eigenvalue weighted by atomic mass is 19.1. The van der Waals surface area contributed by atoms with Crippen molar-refractivity contribution in [2.75, 3.05) is 11.9 Å². The Morgan fingerprint density at radius 1 is 1.22 bits per heavy atom. The molecule has 0 bridgehead atoms. The Hall–Kier alpha value is -2.50. The Morgan fingerprint density at radius 2 is 2.00 bits per heavy atom. The first-order valence-corrected chi connectivity index (χ1v) is 7.50. The molecule has 23 heavy (non-hydrogen) atoms.